The van der Waals surface area contributed by atoms with E-state index in [1.54, 1.807) is 11.3 Å². The Hall–Kier alpha value is -1.20. The Labute approximate surface area is 99.2 Å². The van der Waals surface area contributed by atoms with E-state index in [4.69, 9.17) is 5.73 Å². The van der Waals surface area contributed by atoms with Crippen LogP contribution in [-0.4, -0.2) is 14.5 Å². The van der Waals surface area contributed by atoms with Crippen LogP contribution in [0.4, 0.5) is 0 Å². The third kappa shape index (κ3) is 2.48. The lowest BCUT2D eigenvalue weighted by Crippen LogP contribution is -2.15. The number of hydrogen-bond donors (Lipinski definition) is 1. The van der Waals surface area contributed by atoms with E-state index < -0.39 is 0 Å². The maximum absolute atomic E-state index is 6.01. The first-order valence-electron chi connectivity index (χ1n) is 5.45. The van der Waals surface area contributed by atoms with E-state index in [1.807, 2.05) is 24.1 Å². The molecule has 16 heavy (non-hydrogen) atoms. The van der Waals surface area contributed by atoms with E-state index in [1.165, 1.54) is 0 Å². The highest BCUT2D eigenvalue weighted by Crippen LogP contribution is 2.14. The Kier molecular flexibility index (Phi) is 3.69. The van der Waals surface area contributed by atoms with Gasteiger partial charge in [0.25, 0.3) is 0 Å². The van der Waals surface area contributed by atoms with Crippen molar-refractivity contribution in [2.75, 3.05) is 0 Å². The van der Waals surface area contributed by atoms with Crippen molar-refractivity contribution in [2.24, 2.45) is 5.73 Å². The fourth-order valence-electron chi connectivity index (χ4n) is 1.63. The molecule has 0 bridgehead atoms. The minimum atomic E-state index is 0.0822. The molecule has 2 rings (SSSR count). The van der Waals surface area contributed by atoms with Crippen LogP contribution in [0.3, 0.4) is 0 Å². The summed E-state index contributed by atoms with van der Waals surface area (Å²) in [6, 6.07) is 0.0822. The molecular weight excluding hydrogens is 220 g/mol. The Morgan fingerprint density at radius 3 is 3.12 bits per heavy atom. The van der Waals surface area contributed by atoms with Crippen LogP contribution < -0.4 is 5.73 Å². The normalized spacial score (nSPS) is 12.9. The highest BCUT2D eigenvalue weighted by molar-refractivity contribution is 7.09. The molecule has 0 aliphatic rings. The van der Waals surface area contributed by atoms with E-state index in [-0.39, 0.29) is 6.04 Å². The molecular formula is C11H16N4S. The molecule has 2 heterocycles. The molecule has 0 fully saturated rings. The smallest absolute Gasteiger partial charge is 0.0948 e. The van der Waals surface area contributed by atoms with Crippen molar-refractivity contribution in [1.29, 1.82) is 0 Å². The zero-order chi connectivity index (χ0) is 11.4. The zero-order valence-corrected chi connectivity index (χ0v) is 10.2. The van der Waals surface area contributed by atoms with Gasteiger partial charge in [0.2, 0.25) is 0 Å². The highest BCUT2D eigenvalue weighted by Gasteiger charge is 2.09. The first-order valence-corrected chi connectivity index (χ1v) is 6.33. The number of aryl methyl sites for hydroxylation is 2. The number of rotatable bonds is 5. The van der Waals surface area contributed by atoms with Crippen LogP contribution in [0.15, 0.2) is 24.1 Å². The van der Waals surface area contributed by atoms with Gasteiger partial charge in [0.05, 0.1) is 17.0 Å². The van der Waals surface area contributed by atoms with Crippen molar-refractivity contribution in [3.8, 4) is 0 Å². The molecule has 2 aromatic rings. The van der Waals surface area contributed by atoms with Gasteiger partial charge in [-0.25, -0.2) is 9.97 Å². The van der Waals surface area contributed by atoms with Crippen LogP contribution in [0.25, 0.3) is 0 Å². The number of nitrogens with two attached hydrogens (primary N) is 1. The van der Waals surface area contributed by atoms with Crippen LogP contribution in [0.1, 0.15) is 30.1 Å². The summed E-state index contributed by atoms with van der Waals surface area (Å²) in [6.07, 6.45) is 7.42. The number of imidazole rings is 1. The van der Waals surface area contributed by atoms with Crippen LogP contribution in [0.5, 0.6) is 0 Å². The second-order valence-electron chi connectivity index (χ2n) is 3.70. The van der Waals surface area contributed by atoms with Gasteiger partial charge in [-0.05, 0) is 6.42 Å². The first kappa shape index (κ1) is 11.3. The number of aromatic nitrogens is 3. The molecule has 0 spiro atoms. The predicted molar refractivity (Wildman–Crippen MR) is 65.3 cm³/mol. The highest BCUT2D eigenvalue weighted by atomic mass is 32.1. The van der Waals surface area contributed by atoms with Crippen LogP contribution >= 0.6 is 11.3 Å². The second kappa shape index (κ2) is 5.23. The topological polar surface area (TPSA) is 56.7 Å². The van der Waals surface area contributed by atoms with E-state index in [0.29, 0.717) is 0 Å². The van der Waals surface area contributed by atoms with Crippen molar-refractivity contribution < 1.29 is 0 Å². The summed E-state index contributed by atoms with van der Waals surface area (Å²) in [6.45, 7) is 2.99. The van der Waals surface area contributed by atoms with E-state index >= 15 is 0 Å². The molecule has 0 unspecified atom stereocenters. The molecule has 0 saturated heterocycles. The molecule has 0 aliphatic carbocycles. The molecule has 0 saturated carbocycles. The lowest BCUT2D eigenvalue weighted by molar-refractivity contribution is 0.588. The van der Waals surface area contributed by atoms with Crippen molar-refractivity contribution in [2.45, 2.75) is 32.4 Å². The standard InChI is InChI=1S/C11H16N4S/c1-2-9(12)10-7-13-8-15(10)5-3-11-14-4-6-16-11/h4,6-9H,2-3,5,12H2,1H3/t9-/m1/s1. The van der Waals surface area contributed by atoms with Gasteiger partial charge < -0.3 is 10.3 Å². The van der Waals surface area contributed by atoms with Gasteiger partial charge in [-0.3, -0.25) is 0 Å². The van der Waals surface area contributed by atoms with Gasteiger partial charge in [-0.2, -0.15) is 0 Å². The average molecular weight is 236 g/mol. The van der Waals surface area contributed by atoms with Crippen molar-refractivity contribution in [1.82, 2.24) is 14.5 Å². The SMILES string of the molecule is CC[C@@H](N)c1cncn1CCc1nccs1. The molecule has 0 amide bonds. The molecule has 0 radical (unpaired) electrons. The molecule has 1 atom stereocenters. The lowest BCUT2D eigenvalue weighted by Gasteiger charge is -2.12. The molecule has 4 nitrogen and oxygen atoms in total. The Morgan fingerprint density at radius 1 is 1.56 bits per heavy atom. The van der Waals surface area contributed by atoms with Crippen molar-refractivity contribution in [3.63, 3.8) is 0 Å². The maximum atomic E-state index is 6.01. The van der Waals surface area contributed by atoms with Crippen molar-refractivity contribution >= 4 is 11.3 Å². The van der Waals surface area contributed by atoms with Crippen LogP contribution in [-0.2, 0) is 13.0 Å². The first-order chi connectivity index (χ1) is 7.81. The van der Waals surface area contributed by atoms with E-state index in [2.05, 4.69) is 21.5 Å². The van der Waals surface area contributed by atoms with Gasteiger partial charge in [0.1, 0.15) is 0 Å². The predicted octanol–water partition coefficient (Wildman–Crippen LogP) is 1.99. The van der Waals surface area contributed by atoms with Crippen molar-refractivity contribution in [3.05, 3.63) is 34.8 Å². The quantitative estimate of drug-likeness (QED) is 0.863. The van der Waals surface area contributed by atoms with Gasteiger partial charge in [0.15, 0.2) is 0 Å². The van der Waals surface area contributed by atoms with Gasteiger partial charge in [-0.1, -0.05) is 6.92 Å². The summed E-state index contributed by atoms with van der Waals surface area (Å²) in [5.74, 6) is 0. The van der Waals surface area contributed by atoms with Crippen LogP contribution in [0.2, 0.25) is 0 Å². The molecule has 2 N–H and O–H groups in total. The summed E-state index contributed by atoms with van der Waals surface area (Å²) < 4.78 is 2.12. The second-order valence-corrected chi connectivity index (χ2v) is 4.68. The Morgan fingerprint density at radius 2 is 2.44 bits per heavy atom. The van der Waals surface area contributed by atoms with Crippen LogP contribution in [0, 0.1) is 0 Å². The largest absolute Gasteiger partial charge is 0.333 e. The lowest BCUT2D eigenvalue weighted by atomic mass is 10.2. The third-order valence-corrected chi connectivity index (χ3v) is 3.45. The molecule has 5 heteroatoms. The fraction of sp³-hybridized carbons (Fsp3) is 0.455. The summed E-state index contributed by atoms with van der Waals surface area (Å²) in [4.78, 5) is 8.42. The van der Waals surface area contributed by atoms with E-state index in [9.17, 15) is 0 Å². The van der Waals surface area contributed by atoms with Gasteiger partial charge >= 0.3 is 0 Å². The fourth-order valence-corrected chi connectivity index (χ4v) is 2.24. The third-order valence-electron chi connectivity index (χ3n) is 2.61. The Bertz CT molecular complexity index is 421. The Balaban J connectivity index is 2.01. The monoisotopic (exact) mass is 236 g/mol. The number of hydrogen-bond acceptors (Lipinski definition) is 4. The minimum Gasteiger partial charge on any atom is -0.333 e. The van der Waals surface area contributed by atoms with Gasteiger partial charge in [0, 0.05) is 36.8 Å². The number of thiazole rings is 1. The van der Waals surface area contributed by atoms with E-state index in [0.717, 1.165) is 30.1 Å². The summed E-state index contributed by atoms with van der Waals surface area (Å²) in [5.41, 5.74) is 7.12. The molecule has 86 valence electrons. The van der Waals surface area contributed by atoms with Gasteiger partial charge in [-0.15, -0.1) is 11.3 Å². The summed E-state index contributed by atoms with van der Waals surface area (Å²) in [5, 5.41) is 3.16. The average Bonchev–Trinajstić information content (AvgIpc) is 2.96. The summed E-state index contributed by atoms with van der Waals surface area (Å²) >= 11 is 1.69. The molecule has 0 aliphatic heterocycles. The number of nitrogens with zero attached hydrogens (tertiary/aromatic N) is 3. The maximum Gasteiger partial charge on any atom is 0.0948 e. The minimum absolute atomic E-state index is 0.0822. The molecule has 0 aromatic carbocycles. The zero-order valence-electron chi connectivity index (χ0n) is 9.34. The molecule has 2 aromatic heterocycles. The summed E-state index contributed by atoms with van der Waals surface area (Å²) in [7, 11) is 0.